The lowest BCUT2D eigenvalue weighted by molar-refractivity contribution is 0.664. The Hall–Kier alpha value is -0.640. The van der Waals surface area contributed by atoms with Crippen LogP contribution < -0.4 is 5.32 Å². The monoisotopic (exact) mass is 323 g/mol. The number of aryl methyl sites for hydroxylation is 2. The predicted molar refractivity (Wildman–Crippen MR) is 84.4 cm³/mol. The van der Waals surface area contributed by atoms with Crippen LogP contribution in [0.4, 0.5) is 0 Å². The first-order valence-corrected chi connectivity index (χ1v) is 7.68. The number of halogens is 1. The SMILES string of the molecule is CNC(C)c1ccc(-c2cc(C)c(Br)c(C)c2)s1. The van der Waals surface area contributed by atoms with Gasteiger partial charge in [-0.3, -0.25) is 0 Å². The van der Waals surface area contributed by atoms with Gasteiger partial charge in [-0.05, 0) is 68.8 Å². The van der Waals surface area contributed by atoms with E-state index in [2.05, 4.69) is 66.3 Å². The minimum absolute atomic E-state index is 0.418. The molecule has 0 aliphatic carbocycles. The zero-order chi connectivity index (χ0) is 13.3. The molecule has 0 fully saturated rings. The van der Waals surface area contributed by atoms with E-state index in [-0.39, 0.29) is 0 Å². The van der Waals surface area contributed by atoms with Crippen LogP contribution >= 0.6 is 27.3 Å². The van der Waals surface area contributed by atoms with Crippen molar-refractivity contribution in [1.82, 2.24) is 5.32 Å². The lowest BCUT2D eigenvalue weighted by Gasteiger charge is -2.07. The van der Waals surface area contributed by atoms with Crippen molar-refractivity contribution in [2.45, 2.75) is 26.8 Å². The normalized spacial score (nSPS) is 12.7. The quantitative estimate of drug-likeness (QED) is 0.831. The van der Waals surface area contributed by atoms with Crippen molar-refractivity contribution in [3.05, 3.63) is 44.7 Å². The third kappa shape index (κ3) is 2.68. The minimum Gasteiger partial charge on any atom is -0.313 e. The van der Waals surface area contributed by atoms with E-state index in [0.717, 1.165) is 0 Å². The predicted octanol–water partition coefficient (Wildman–Crippen LogP) is 5.07. The van der Waals surface area contributed by atoms with Gasteiger partial charge in [0.05, 0.1) is 0 Å². The fourth-order valence-electron chi connectivity index (χ4n) is 1.97. The molecule has 18 heavy (non-hydrogen) atoms. The molecule has 1 heterocycles. The van der Waals surface area contributed by atoms with Gasteiger partial charge in [0.1, 0.15) is 0 Å². The molecule has 0 bridgehead atoms. The Balaban J connectivity index is 2.40. The van der Waals surface area contributed by atoms with E-state index in [4.69, 9.17) is 0 Å². The molecule has 1 aromatic carbocycles. The number of rotatable bonds is 3. The van der Waals surface area contributed by atoms with Crippen molar-refractivity contribution in [3.63, 3.8) is 0 Å². The van der Waals surface area contributed by atoms with Gasteiger partial charge in [-0.25, -0.2) is 0 Å². The van der Waals surface area contributed by atoms with Gasteiger partial charge in [-0.1, -0.05) is 15.9 Å². The van der Waals surface area contributed by atoms with E-state index in [1.54, 1.807) is 0 Å². The molecule has 1 nitrogen and oxygen atoms in total. The molecule has 1 atom stereocenters. The van der Waals surface area contributed by atoms with Crippen LogP contribution in [0.1, 0.15) is 29.0 Å². The third-order valence-electron chi connectivity index (χ3n) is 3.21. The summed E-state index contributed by atoms with van der Waals surface area (Å²) in [6.45, 7) is 6.48. The minimum atomic E-state index is 0.418. The Labute approximate surface area is 121 Å². The highest BCUT2D eigenvalue weighted by atomic mass is 79.9. The van der Waals surface area contributed by atoms with Crippen molar-refractivity contribution in [1.29, 1.82) is 0 Å². The van der Waals surface area contributed by atoms with E-state index in [1.807, 2.05) is 18.4 Å². The zero-order valence-electron chi connectivity index (χ0n) is 11.2. The van der Waals surface area contributed by atoms with Gasteiger partial charge in [0.2, 0.25) is 0 Å². The van der Waals surface area contributed by atoms with Crippen molar-refractivity contribution in [2.24, 2.45) is 0 Å². The van der Waals surface area contributed by atoms with Crippen LogP contribution in [-0.4, -0.2) is 7.05 Å². The molecule has 1 aromatic heterocycles. The van der Waals surface area contributed by atoms with E-state index in [0.29, 0.717) is 6.04 Å². The fraction of sp³-hybridized carbons (Fsp3) is 0.333. The van der Waals surface area contributed by atoms with Crippen LogP contribution in [0.2, 0.25) is 0 Å². The Bertz CT molecular complexity index is 536. The Morgan fingerprint density at radius 1 is 1.17 bits per heavy atom. The molecule has 0 aliphatic heterocycles. The second-order valence-corrected chi connectivity index (χ2v) is 6.54. The average Bonchev–Trinajstić information content (AvgIpc) is 2.84. The Morgan fingerprint density at radius 2 is 1.78 bits per heavy atom. The first-order valence-electron chi connectivity index (χ1n) is 6.07. The largest absolute Gasteiger partial charge is 0.313 e. The summed E-state index contributed by atoms with van der Waals surface area (Å²) >= 11 is 5.48. The van der Waals surface area contributed by atoms with E-state index in [1.165, 1.54) is 30.9 Å². The molecule has 1 unspecified atom stereocenters. The summed E-state index contributed by atoms with van der Waals surface area (Å²) in [7, 11) is 2.00. The molecule has 96 valence electrons. The topological polar surface area (TPSA) is 12.0 Å². The molecular weight excluding hydrogens is 306 g/mol. The molecule has 0 spiro atoms. The van der Waals surface area contributed by atoms with Crippen LogP contribution in [0.3, 0.4) is 0 Å². The number of hydrogen-bond acceptors (Lipinski definition) is 2. The Kier molecular flexibility index (Phi) is 4.25. The summed E-state index contributed by atoms with van der Waals surface area (Å²) < 4.78 is 1.21. The number of hydrogen-bond donors (Lipinski definition) is 1. The molecular formula is C15H18BrNS. The van der Waals surface area contributed by atoms with E-state index in [9.17, 15) is 0 Å². The molecule has 1 N–H and O–H groups in total. The van der Waals surface area contributed by atoms with Crippen LogP contribution in [0.25, 0.3) is 10.4 Å². The molecule has 0 amide bonds. The average molecular weight is 324 g/mol. The van der Waals surface area contributed by atoms with Crippen LogP contribution in [0, 0.1) is 13.8 Å². The van der Waals surface area contributed by atoms with Gasteiger partial charge in [0.25, 0.3) is 0 Å². The van der Waals surface area contributed by atoms with Crippen molar-refractivity contribution >= 4 is 27.3 Å². The first-order chi connectivity index (χ1) is 8.52. The van der Waals surface area contributed by atoms with Gasteiger partial charge in [-0.15, -0.1) is 11.3 Å². The maximum absolute atomic E-state index is 3.62. The molecule has 0 saturated carbocycles. The summed E-state index contributed by atoms with van der Waals surface area (Å²) in [5.41, 5.74) is 3.90. The third-order valence-corrected chi connectivity index (χ3v) is 5.78. The molecule has 2 rings (SSSR count). The Morgan fingerprint density at radius 3 is 2.33 bits per heavy atom. The first kappa shape index (κ1) is 13.8. The summed E-state index contributed by atoms with van der Waals surface area (Å²) in [5.74, 6) is 0. The molecule has 3 heteroatoms. The number of benzene rings is 1. The van der Waals surface area contributed by atoms with Gasteiger partial charge in [0, 0.05) is 20.3 Å². The number of nitrogens with one attached hydrogen (secondary N) is 1. The lowest BCUT2D eigenvalue weighted by Crippen LogP contribution is -2.10. The highest BCUT2D eigenvalue weighted by Gasteiger charge is 2.09. The molecule has 0 aliphatic rings. The highest BCUT2D eigenvalue weighted by molar-refractivity contribution is 9.10. The molecule has 2 aromatic rings. The second-order valence-electron chi connectivity index (χ2n) is 4.64. The van der Waals surface area contributed by atoms with Crippen molar-refractivity contribution in [3.8, 4) is 10.4 Å². The van der Waals surface area contributed by atoms with Crippen molar-refractivity contribution in [2.75, 3.05) is 7.05 Å². The summed E-state index contributed by atoms with van der Waals surface area (Å²) in [4.78, 5) is 2.72. The molecule has 0 saturated heterocycles. The maximum atomic E-state index is 3.62. The second kappa shape index (κ2) is 5.55. The van der Waals surface area contributed by atoms with Crippen LogP contribution in [0.15, 0.2) is 28.7 Å². The van der Waals surface area contributed by atoms with Gasteiger partial charge >= 0.3 is 0 Å². The summed E-state index contributed by atoms with van der Waals surface area (Å²) in [6, 6.07) is 9.35. The zero-order valence-corrected chi connectivity index (χ0v) is 13.6. The van der Waals surface area contributed by atoms with E-state index < -0.39 is 0 Å². The number of thiophene rings is 1. The van der Waals surface area contributed by atoms with Crippen LogP contribution in [0.5, 0.6) is 0 Å². The van der Waals surface area contributed by atoms with Gasteiger partial charge < -0.3 is 5.32 Å². The standard InChI is InChI=1S/C15H18BrNS/c1-9-7-12(8-10(2)15(9)16)14-6-5-13(18-14)11(3)17-4/h5-8,11,17H,1-4H3. The van der Waals surface area contributed by atoms with Crippen molar-refractivity contribution < 1.29 is 0 Å². The summed E-state index contributed by atoms with van der Waals surface area (Å²) in [5, 5.41) is 3.28. The highest BCUT2D eigenvalue weighted by Crippen LogP contribution is 2.34. The van der Waals surface area contributed by atoms with E-state index >= 15 is 0 Å². The smallest absolute Gasteiger partial charge is 0.0383 e. The molecule has 0 radical (unpaired) electrons. The van der Waals surface area contributed by atoms with Gasteiger partial charge in [-0.2, -0.15) is 0 Å². The van der Waals surface area contributed by atoms with Crippen LogP contribution in [-0.2, 0) is 0 Å². The summed E-state index contributed by atoms with van der Waals surface area (Å²) in [6.07, 6.45) is 0. The lowest BCUT2D eigenvalue weighted by atomic mass is 10.1. The van der Waals surface area contributed by atoms with Gasteiger partial charge in [0.15, 0.2) is 0 Å². The maximum Gasteiger partial charge on any atom is 0.0383 e. The fourth-order valence-corrected chi connectivity index (χ4v) is 3.26.